The van der Waals surface area contributed by atoms with Crippen molar-refractivity contribution < 1.29 is 36.6 Å². The Morgan fingerprint density at radius 1 is 1.30 bits per heavy atom. The summed E-state index contributed by atoms with van der Waals surface area (Å²) in [5, 5.41) is 13.9. The Hall–Kier alpha value is -1.90. The normalized spacial score (nSPS) is 15.7. The molecular weight excluding hydrogens is 402 g/mol. The minimum atomic E-state index is -1.44. The smallest absolute Gasteiger partial charge is 0.549 e. The van der Waals surface area contributed by atoms with E-state index in [-0.39, 0.29) is 35.8 Å². The monoisotopic (exact) mass is 426 g/mol. The van der Waals surface area contributed by atoms with Crippen LogP contribution in [-0.2, 0) is 37.9 Å². The van der Waals surface area contributed by atoms with Gasteiger partial charge in [0.05, 0.1) is 11.9 Å². The first kappa shape index (κ1) is 23.1. The largest absolute Gasteiger partial charge is 2.00 e. The van der Waals surface area contributed by atoms with E-state index in [4.69, 9.17) is 5.73 Å². The Balaban J connectivity index is 0.00000364. The van der Waals surface area contributed by atoms with E-state index < -0.39 is 23.8 Å². The zero-order valence-corrected chi connectivity index (χ0v) is 16.0. The predicted molar refractivity (Wildman–Crippen MR) is 90.4 cm³/mol. The summed E-state index contributed by atoms with van der Waals surface area (Å²) < 4.78 is 0. The molecule has 1 aromatic heterocycles. The Morgan fingerprint density at radius 3 is 2.56 bits per heavy atom. The number of aromatic nitrogens is 2. The number of nitrogens with zero attached hydrogens (tertiary/aromatic N) is 3. The van der Waals surface area contributed by atoms with Crippen molar-refractivity contribution in [3.63, 3.8) is 0 Å². The second-order valence-electron chi connectivity index (χ2n) is 6.47. The molecule has 1 fully saturated rings. The minimum Gasteiger partial charge on any atom is -0.549 e. The summed E-state index contributed by atoms with van der Waals surface area (Å²) in [5.74, 6) is -3.68. The Kier molecular flexibility index (Phi) is 10.1. The van der Waals surface area contributed by atoms with Crippen molar-refractivity contribution in [2.24, 2.45) is 11.7 Å². The molecule has 1 radical (unpaired) electrons. The third kappa shape index (κ3) is 6.97. The van der Waals surface area contributed by atoms with Crippen LogP contribution in [0.4, 0.5) is 0 Å². The van der Waals surface area contributed by atoms with Gasteiger partial charge >= 0.3 is 17.1 Å². The van der Waals surface area contributed by atoms with E-state index in [1.807, 2.05) is 0 Å². The van der Waals surface area contributed by atoms with Crippen LogP contribution in [0.1, 0.15) is 37.8 Å². The molecule has 0 aliphatic carbocycles. The van der Waals surface area contributed by atoms with E-state index >= 15 is 0 Å². The number of carbonyl (C=O) groups is 3. The molecule has 0 aromatic carbocycles. The first-order valence-corrected chi connectivity index (χ1v) is 8.94. The van der Waals surface area contributed by atoms with Gasteiger partial charge in [-0.25, -0.2) is 0 Å². The van der Waals surface area contributed by atoms with Crippen LogP contribution in [0, 0.1) is 5.92 Å². The third-order valence-corrected chi connectivity index (χ3v) is 4.51. The zero-order valence-electron chi connectivity index (χ0n) is 15.0. The van der Waals surface area contributed by atoms with Gasteiger partial charge in [-0.3, -0.25) is 9.59 Å². The average molecular weight is 427 g/mol. The quantitative estimate of drug-likeness (QED) is 0.255. The summed E-state index contributed by atoms with van der Waals surface area (Å²) in [7, 11) is 0. The van der Waals surface area contributed by atoms with Gasteiger partial charge in [-0.05, 0) is 38.6 Å². The van der Waals surface area contributed by atoms with E-state index in [2.05, 4.69) is 15.3 Å². The second kappa shape index (κ2) is 11.7. The fraction of sp³-hybridized carbons (Fsp3) is 0.647. The number of imidazole rings is 1. The standard InChI is InChI=1S/C17H27N5O4.Cu/c18-6-2-1-5-13(17(25)26)15(23)21-14(9-12-10-19-11-20-12)16(24)22-7-3-4-8-22;/h10-11,13-14H,1-9,18H2,(H3,19,20,21,23,25,26);/q;+2/p-2/t13?,14-;/m1./s1. The van der Waals surface area contributed by atoms with Gasteiger partial charge in [-0.15, -0.1) is 0 Å². The number of hydrogen-bond acceptors (Lipinski definition) is 6. The molecule has 2 rings (SSSR count). The number of carboxylic acids is 1. The van der Waals surface area contributed by atoms with Crippen LogP contribution in [0.5, 0.6) is 0 Å². The molecule has 1 unspecified atom stereocenters. The fourth-order valence-electron chi connectivity index (χ4n) is 3.05. The Morgan fingerprint density at radius 2 is 2.00 bits per heavy atom. The molecule has 3 N–H and O–H groups in total. The molecule has 0 bridgehead atoms. The summed E-state index contributed by atoms with van der Waals surface area (Å²) in [6.45, 7) is 1.70. The summed E-state index contributed by atoms with van der Waals surface area (Å²) in [5.41, 5.74) is 5.97. The topological polar surface area (TPSA) is 143 Å². The first-order chi connectivity index (χ1) is 12.5. The summed E-state index contributed by atoms with van der Waals surface area (Å²) in [6, 6.07) is -0.867. The van der Waals surface area contributed by atoms with Crippen LogP contribution >= 0.6 is 0 Å². The third-order valence-electron chi connectivity index (χ3n) is 4.51. The van der Waals surface area contributed by atoms with Crippen molar-refractivity contribution >= 4 is 17.8 Å². The van der Waals surface area contributed by atoms with Crippen LogP contribution in [-0.4, -0.2) is 53.3 Å². The molecule has 0 saturated carbocycles. The van der Waals surface area contributed by atoms with Gasteiger partial charge in [0, 0.05) is 13.1 Å². The number of aliphatic carboxylic acids is 1. The van der Waals surface area contributed by atoms with Gasteiger partial charge < -0.3 is 35.8 Å². The van der Waals surface area contributed by atoms with Crippen LogP contribution in [0.3, 0.4) is 0 Å². The molecule has 2 atom stereocenters. The number of amides is 2. The summed E-state index contributed by atoms with van der Waals surface area (Å²) in [6.07, 6.45) is 6.15. The van der Waals surface area contributed by atoms with Gasteiger partial charge in [0.2, 0.25) is 11.8 Å². The van der Waals surface area contributed by atoms with Crippen LogP contribution in [0.2, 0.25) is 0 Å². The molecule has 27 heavy (non-hydrogen) atoms. The maximum atomic E-state index is 12.7. The molecule has 1 saturated heterocycles. The zero-order chi connectivity index (χ0) is 18.9. The van der Waals surface area contributed by atoms with Crippen molar-refractivity contribution in [3.8, 4) is 0 Å². The molecular formula is C17H25CuN5O4. The van der Waals surface area contributed by atoms with Gasteiger partial charge in [0.15, 0.2) is 0 Å². The van der Waals surface area contributed by atoms with Crippen molar-refractivity contribution in [1.29, 1.82) is 0 Å². The number of carbonyl (C=O) groups excluding carboxylic acids is 3. The molecule has 1 aliphatic heterocycles. The van der Waals surface area contributed by atoms with Crippen LogP contribution < -0.4 is 21.1 Å². The van der Waals surface area contributed by atoms with Crippen molar-refractivity contribution in [2.75, 3.05) is 19.6 Å². The first-order valence-electron chi connectivity index (χ1n) is 8.94. The van der Waals surface area contributed by atoms with Gasteiger partial charge in [-0.1, -0.05) is 24.6 Å². The molecule has 1 aliphatic rings. The maximum Gasteiger partial charge on any atom is 2.00 e. The second-order valence-corrected chi connectivity index (χ2v) is 6.47. The van der Waals surface area contributed by atoms with E-state index in [0.717, 1.165) is 12.8 Å². The van der Waals surface area contributed by atoms with Gasteiger partial charge in [-0.2, -0.15) is 0 Å². The van der Waals surface area contributed by atoms with Crippen molar-refractivity contribution in [3.05, 3.63) is 18.2 Å². The van der Waals surface area contributed by atoms with Crippen molar-refractivity contribution in [1.82, 2.24) is 20.2 Å². The summed E-state index contributed by atoms with van der Waals surface area (Å²) in [4.78, 5) is 46.1. The summed E-state index contributed by atoms with van der Waals surface area (Å²) >= 11 is 0. The average Bonchev–Trinajstić information content (AvgIpc) is 3.30. The number of hydrogen-bond donors (Lipinski definition) is 2. The van der Waals surface area contributed by atoms with E-state index in [1.54, 1.807) is 4.90 Å². The minimum absolute atomic E-state index is 0. The van der Waals surface area contributed by atoms with E-state index in [0.29, 0.717) is 38.2 Å². The number of carboxylic acid groups (broad SMARTS) is 1. The molecule has 1 aromatic rings. The van der Waals surface area contributed by atoms with Crippen LogP contribution in [0.15, 0.2) is 12.5 Å². The number of rotatable bonds is 10. The van der Waals surface area contributed by atoms with E-state index in [9.17, 15) is 19.5 Å². The molecule has 2 amide bonds. The fourth-order valence-corrected chi connectivity index (χ4v) is 3.05. The van der Waals surface area contributed by atoms with E-state index in [1.165, 1.54) is 12.5 Å². The van der Waals surface area contributed by atoms with Crippen molar-refractivity contribution in [2.45, 2.75) is 44.6 Å². The number of unbranched alkanes of at least 4 members (excludes halogenated alkanes) is 1. The molecule has 2 heterocycles. The molecule has 9 nitrogen and oxygen atoms in total. The Labute approximate surface area is 168 Å². The number of nitrogens with two attached hydrogens (primary N) is 1. The SMILES string of the molecule is NCCCCC(C(=O)[O-])C(=O)N[C@H](Cc1c[n-]cn1)C(=O)N1CCCC1.[Cu+2]. The van der Waals surface area contributed by atoms with Gasteiger partial charge in [0.1, 0.15) is 6.04 Å². The molecule has 0 spiro atoms. The molecule has 153 valence electrons. The number of nitrogens with one attached hydrogen (secondary N) is 1. The van der Waals surface area contributed by atoms with Crippen LogP contribution in [0.25, 0.3) is 0 Å². The van der Waals surface area contributed by atoms with Gasteiger partial charge in [0.25, 0.3) is 0 Å². The number of likely N-dealkylation sites (tertiary alicyclic amines) is 1. The predicted octanol–water partition coefficient (Wildman–Crippen LogP) is -1.82. The Bertz CT molecular complexity index is 604. The molecule has 10 heteroatoms. The maximum absolute atomic E-state index is 12.7.